The molecule has 0 heterocycles. The van der Waals surface area contributed by atoms with E-state index in [4.69, 9.17) is 9.84 Å². The monoisotopic (exact) mass is 448 g/mol. The number of para-hydroxylation sites is 1. The molecule has 0 aliphatic rings. The van der Waals surface area contributed by atoms with Gasteiger partial charge in [-0.3, -0.25) is 18.7 Å². The van der Waals surface area contributed by atoms with Crippen LogP contribution >= 0.6 is 0 Å². The Kier molecular flexibility index (Phi) is 7.06. The summed E-state index contributed by atoms with van der Waals surface area (Å²) in [5, 5.41) is 10.9. The fourth-order valence-electron chi connectivity index (χ4n) is 2.42. The van der Waals surface area contributed by atoms with Crippen molar-refractivity contribution < 1.29 is 32.6 Å². The first-order chi connectivity index (χ1) is 14.3. The van der Waals surface area contributed by atoms with Crippen LogP contribution in [0.3, 0.4) is 0 Å². The summed E-state index contributed by atoms with van der Waals surface area (Å²) >= 11 is 0. The lowest BCUT2D eigenvalue weighted by Gasteiger charge is -2.22. The molecule has 0 bridgehead atoms. The van der Waals surface area contributed by atoms with Crippen molar-refractivity contribution in [3.8, 4) is 5.75 Å². The first kappa shape index (κ1) is 23.9. The smallest absolute Gasteiger partial charge is 0.322 e. The highest BCUT2D eigenvalue weighted by Crippen LogP contribution is 2.27. The second kappa shape index (κ2) is 9.17. The van der Waals surface area contributed by atoms with Crippen LogP contribution in [0, 0.1) is 5.41 Å². The number of esters is 1. The van der Waals surface area contributed by atoms with Crippen molar-refractivity contribution in [3.05, 3.63) is 54.1 Å². The minimum atomic E-state index is -4.06. The van der Waals surface area contributed by atoms with E-state index >= 15 is 0 Å². The number of nitrogens with one attached hydrogen (secondary N) is 1. The molecule has 31 heavy (non-hydrogen) atoms. The highest BCUT2D eigenvalue weighted by molar-refractivity contribution is 7.92. The number of carbonyl (C=O) groups is 3. The van der Waals surface area contributed by atoms with Crippen molar-refractivity contribution in [2.45, 2.75) is 25.7 Å². The van der Waals surface area contributed by atoms with E-state index in [1.165, 1.54) is 49.5 Å². The summed E-state index contributed by atoms with van der Waals surface area (Å²) in [4.78, 5) is 34.9. The lowest BCUT2D eigenvalue weighted by Crippen LogP contribution is -2.33. The third kappa shape index (κ3) is 5.82. The normalized spacial score (nSPS) is 11.5. The minimum Gasteiger partial charge on any atom is -0.480 e. The molecule has 10 heteroatoms. The molecule has 0 aromatic heterocycles. The zero-order valence-corrected chi connectivity index (χ0v) is 18.4. The highest BCUT2D eigenvalue weighted by atomic mass is 32.2. The first-order valence-electron chi connectivity index (χ1n) is 9.24. The Labute approximate surface area is 180 Å². The maximum Gasteiger partial charge on any atom is 0.322 e. The second-order valence-electron chi connectivity index (χ2n) is 7.68. The number of hydrogen-bond donors (Lipinski definition) is 2. The summed E-state index contributed by atoms with van der Waals surface area (Å²) in [6.45, 7) is 4.51. The number of nitrogens with zero attached hydrogens (tertiary/aromatic N) is 1. The van der Waals surface area contributed by atoms with E-state index in [9.17, 15) is 22.8 Å². The van der Waals surface area contributed by atoms with Crippen LogP contribution < -0.4 is 14.4 Å². The van der Waals surface area contributed by atoms with Gasteiger partial charge in [0.25, 0.3) is 15.9 Å². The molecule has 2 aromatic rings. The molecule has 0 radical (unpaired) electrons. The van der Waals surface area contributed by atoms with Gasteiger partial charge < -0.3 is 15.2 Å². The van der Waals surface area contributed by atoms with Gasteiger partial charge in [-0.2, -0.15) is 0 Å². The molecule has 0 unspecified atom stereocenters. The van der Waals surface area contributed by atoms with Crippen LogP contribution in [0.4, 0.5) is 5.69 Å². The number of aliphatic carboxylic acids is 1. The number of rotatable bonds is 7. The van der Waals surface area contributed by atoms with Crippen LogP contribution in [-0.4, -0.2) is 45.0 Å². The number of carbonyl (C=O) groups excluding carboxylic acids is 2. The number of benzene rings is 2. The van der Waals surface area contributed by atoms with Crippen molar-refractivity contribution >= 4 is 33.6 Å². The van der Waals surface area contributed by atoms with E-state index in [2.05, 4.69) is 5.32 Å². The number of amides is 1. The van der Waals surface area contributed by atoms with Gasteiger partial charge in [-0.05, 0) is 57.2 Å². The van der Waals surface area contributed by atoms with Crippen molar-refractivity contribution in [3.63, 3.8) is 0 Å². The van der Waals surface area contributed by atoms with Crippen LogP contribution in [0.5, 0.6) is 5.75 Å². The first-order valence-corrected chi connectivity index (χ1v) is 10.7. The van der Waals surface area contributed by atoms with E-state index in [0.717, 1.165) is 4.31 Å². The highest BCUT2D eigenvalue weighted by Gasteiger charge is 2.26. The maximum absolute atomic E-state index is 13.1. The third-order valence-electron chi connectivity index (χ3n) is 4.19. The average molecular weight is 448 g/mol. The molecule has 0 aliphatic heterocycles. The fourth-order valence-corrected chi connectivity index (χ4v) is 3.63. The van der Waals surface area contributed by atoms with E-state index in [-0.39, 0.29) is 21.9 Å². The van der Waals surface area contributed by atoms with Gasteiger partial charge in [-0.15, -0.1) is 0 Å². The van der Waals surface area contributed by atoms with E-state index in [1.807, 2.05) is 0 Å². The second-order valence-corrected chi connectivity index (χ2v) is 9.65. The number of ether oxygens (including phenoxy) is 1. The van der Waals surface area contributed by atoms with Crippen LogP contribution in [0.2, 0.25) is 0 Å². The number of hydrogen-bond acceptors (Lipinski definition) is 6. The molecule has 0 aliphatic carbocycles. The van der Waals surface area contributed by atoms with Crippen LogP contribution in [-0.2, 0) is 19.6 Å². The Hall–Kier alpha value is -3.40. The fraction of sp³-hybridized carbons (Fsp3) is 0.286. The molecule has 2 aromatic carbocycles. The molecule has 0 spiro atoms. The quantitative estimate of drug-likeness (QED) is 0.491. The number of carboxylic acid groups (broad SMARTS) is 1. The van der Waals surface area contributed by atoms with Crippen molar-refractivity contribution in [1.29, 1.82) is 0 Å². The summed E-state index contributed by atoms with van der Waals surface area (Å²) in [7, 11) is -2.77. The van der Waals surface area contributed by atoms with Gasteiger partial charge in [0.15, 0.2) is 0 Å². The Morgan fingerprint density at radius 1 is 1.03 bits per heavy atom. The molecular formula is C21H24N2O7S. The van der Waals surface area contributed by atoms with E-state index in [0.29, 0.717) is 0 Å². The molecule has 0 atom stereocenters. The minimum absolute atomic E-state index is 0.00514. The number of carboxylic acids is 1. The van der Waals surface area contributed by atoms with Gasteiger partial charge in [0.2, 0.25) is 0 Å². The van der Waals surface area contributed by atoms with Crippen LogP contribution in [0.1, 0.15) is 31.1 Å². The summed E-state index contributed by atoms with van der Waals surface area (Å²) in [5.74, 6) is -2.19. The zero-order valence-electron chi connectivity index (χ0n) is 17.6. The SMILES string of the molecule is CN(c1ccccc1C(=O)NCC(=O)O)S(=O)(=O)c1ccc(OC(=O)C(C)(C)C)cc1. The van der Waals surface area contributed by atoms with Gasteiger partial charge >= 0.3 is 11.9 Å². The number of sulfonamides is 1. The van der Waals surface area contributed by atoms with Crippen molar-refractivity contribution in [2.75, 3.05) is 17.9 Å². The van der Waals surface area contributed by atoms with Crippen molar-refractivity contribution in [2.24, 2.45) is 5.41 Å². The molecule has 2 rings (SSSR count). The molecule has 2 N–H and O–H groups in total. The lowest BCUT2D eigenvalue weighted by atomic mass is 9.97. The summed E-state index contributed by atoms with van der Waals surface area (Å²) < 4.78 is 32.3. The number of anilines is 1. The van der Waals surface area contributed by atoms with Gasteiger partial charge in [0, 0.05) is 7.05 Å². The average Bonchev–Trinajstić information content (AvgIpc) is 2.71. The Bertz CT molecular complexity index is 1090. The van der Waals surface area contributed by atoms with Crippen molar-refractivity contribution in [1.82, 2.24) is 5.32 Å². The van der Waals surface area contributed by atoms with E-state index in [1.54, 1.807) is 26.8 Å². The molecule has 1 amide bonds. The topological polar surface area (TPSA) is 130 Å². The molecule has 9 nitrogen and oxygen atoms in total. The predicted octanol–water partition coefficient (Wildman–Crippen LogP) is 2.28. The van der Waals surface area contributed by atoms with Crippen LogP contribution in [0.15, 0.2) is 53.4 Å². The Balaban J connectivity index is 2.30. The van der Waals surface area contributed by atoms with Gasteiger partial charge in [-0.25, -0.2) is 8.42 Å². The maximum atomic E-state index is 13.1. The van der Waals surface area contributed by atoms with E-state index < -0.39 is 39.8 Å². The molecule has 166 valence electrons. The largest absolute Gasteiger partial charge is 0.480 e. The molecule has 0 saturated carbocycles. The molecular weight excluding hydrogens is 424 g/mol. The zero-order chi connectivity index (χ0) is 23.4. The molecule has 0 saturated heterocycles. The van der Waals surface area contributed by atoms with Gasteiger partial charge in [-0.1, -0.05) is 12.1 Å². The van der Waals surface area contributed by atoms with Gasteiger partial charge in [0.05, 0.1) is 21.6 Å². The summed E-state index contributed by atoms with van der Waals surface area (Å²) in [5.41, 5.74) is -0.630. The standard InChI is InChI=1S/C21H24N2O7S/c1-21(2,3)20(27)30-14-9-11-15(12-10-14)31(28,29)23(4)17-8-6-5-7-16(17)19(26)22-13-18(24)25/h5-12H,13H2,1-4H3,(H,22,26)(H,24,25). The molecule has 0 fully saturated rings. The predicted molar refractivity (Wildman–Crippen MR) is 114 cm³/mol. The Morgan fingerprint density at radius 3 is 2.16 bits per heavy atom. The third-order valence-corrected chi connectivity index (χ3v) is 5.98. The lowest BCUT2D eigenvalue weighted by molar-refractivity contribution is -0.143. The Morgan fingerprint density at radius 2 is 1.61 bits per heavy atom. The summed E-state index contributed by atoms with van der Waals surface area (Å²) in [6, 6.07) is 11.3. The van der Waals surface area contributed by atoms with Crippen LogP contribution in [0.25, 0.3) is 0 Å². The summed E-state index contributed by atoms with van der Waals surface area (Å²) in [6.07, 6.45) is 0. The van der Waals surface area contributed by atoms with Gasteiger partial charge in [0.1, 0.15) is 12.3 Å².